The molecule has 1 saturated carbocycles. The number of amides is 2. The maximum atomic E-state index is 13.1. The predicted octanol–water partition coefficient (Wildman–Crippen LogP) is 4.04. The van der Waals surface area contributed by atoms with E-state index in [9.17, 15) is 9.59 Å². The van der Waals surface area contributed by atoms with E-state index in [2.05, 4.69) is 24.1 Å². The van der Waals surface area contributed by atoms with Crippen molar-refractivity contribution >= 4 is 11.8 Å². The molecule has 7 nitrogen and oxygen atoms in total. The van der Waals surface area contributed by atoms with E-state index in [1.54, 1.807) is 6.20 Å². The molecule has 0 unspecified atom stereocenters. The highest BCUT2D eigenvalue weighted by molar-refractivity contribution is 5.95. The number of rotatable bonds is 9. The fourth-order valence-electron chi connectivity index (χ4n) is 4.83. The summed E-state index contributed by atoms with van der Waals surface area (Å²) in [5, 5.41) is 3.11. The highest BCUT2D eigenvalue weighted by Gasteiger charge is 2.29. The van der Waals surface area contributed by atoms with Crippen molar-refractivity contribution in [2.45, 2.75) is 90.6 Å². The molecule has 1 aromatic rings. The van der Waals surface area contributed by atoms with Gasteiger partial charge in [-0.05, 0) is 58.3 Å². The van der Waals surface area contributed by atoms with Crippen LogP contribution in [0.4, 0.5) is 0 Å². The fraction of sp³-hybridized carbons (Fsp3) is 0.760. The molecule has 2 amide bonds. The van der Waals surface area contributed by atoms with E-state index < -0.39 is 0 Å². The van der Waals surface area contributed by atoms with Crippen molar-refractivity contribution in [3.8, 4) is 0 Å². The average molecular weight is 445 g/mol. The van der Waals surface area contributed by atoms with Gasteiger partial charge in [0.15, 0.2) is 0 Å². The van der Waals surface area contributed by atoms with Crippen LogP contribution in [0.5, 0.6) is 0 Å². The Balaban J connectivity index is 1.61. The summed E-state index contributed by atoms with van der Waals surface area (Å²) >= 11 is 0. The maximum Gasteiger partial charge on any atom is 0.257 e. The molecule has 3 rings (SSSR count). The average Bonchev–Trinajstić information content (AvgIpc) is 3.31. The van der Waals surface area contributed by atoms with Gasteiger partial charge in [0.1, 0.15) is 5.82 Å². The monoisotopic (exact) mass is 444 g/mol. The Morgan fingerprint density at radius 2 is 1.88 bits per heavy atom. The molecule has 0 bridgehead atoms. The summed E-state index contributed by atoms with van der Waals surface area (Å²) in [7, 11) is 0. The van der Waals surface area contributed by atoms with Crippen molar-refractivity contribution in [2.75, 3.05) is 26.2 Å². The summed E-state index contributed by atoms with van der Waals surface area (Å²) in [5.74, 6) is 1.91. The number of nitrogens with zero attached hydrogens (tertiary/aromatic N) is 3. The van der Waals surface area contributed by atoms with Gasteiger partial charge in [-0.3, -0.25) is 9.59 Å². The largest absolute Gasteiger partial charge is 0.378 e. The second kappa shape index (κ2) is 11.7. The highest BCUT2D eigenvalue weighted by Crippen LogP contribution is 2.36. The molecular weight excluding hydrogens is 404 g/mol. The Labute approximate surface area is 192 Å². The normalized spacial score (nSPS) is 23.3. The minimum absolute atomic E-state index is 0.0313. The molecule has 0 spiro atoms. The summed E-state index contributed by atoms with van der Waals surface area (Å²) in [4.78, 5) is 36.6. The van der Waals surface area contributed by atoms with Crippen molar-refractivity contribution < 1.29 is 14.3 Å². The molecule has 2 heterocycles. The minimum atomic E-state index is 0.0313. The van der Waals surface area contributed by atoms with Crippen LogP contribution in [0.25, 0.3) is 0 Å². The van der Waals surface area contributed by atoms with Gasteiger partial charge >= 0.3 is 0 Å². The second-order valence-electron chi connectivity index (χ2n) is 9.52. The van der Waals surface area contributed by atoms with Gasteiger partial charge in [-0.15, -0.1) is 0 Å². The van der Waals surface area contributed by atoms with E-state index in [1.807, 2.05) is 18.7 Å². The third-order valence-electron chi connectivity index (χ3n) is 6.89. The molecule has 1 aliphatic heterocycles. The third-order valence-corrected chi connectivity index (χ3v) is 6.89. The van der Waals surface area contributed by atoms with E-state index in [0.29, 0.717) is 31.0 Å². The second-order valence-corrected chi connectivity index (χ2v) is 9.52. The Bertz CT molecular complexity index is 764. The van der Waals surface area contributed by atoms with Gasteiger partial charge in [-0.2, -0.15) is 0 Å². The Hall–Kier alpha value is -2.02. The summed E-state index contributed by atoms with van der Waals surface area (Å²) in [6.07, 6.45) is 8.40. The summed E-state index contributed by atoms with van der Waals surface area (Å²) in [5.41, 5.74) is 1.58. The lowest BCUT2D eigenvalue weighted by Crippen LogP contribution is -2.34. The Kier molecular flexibility index (Phi) is 9.02. The van der Waals surface area contributed by atoms with Crippen LogP contribution in [-0.4, -0.2) is 59.0 Å². The maximum absolute atomic E-state index is 13.1. The van der Waals surface area contributed by atoms with Crippen LogP contribution in [0.15, 0.2) is 6.20 Å². The summed E-state index contributed by atoms with van der Waals surface area (Å²) in [6, 6.07) is 0. The number of carbonyl (C=O) groups is 2. The smallest absolute Gasteiger partial charge is 0.257 e. The van der Waals surface area contributed by atoms with Crippen molar-refractivity contribution in [1.82, 2.24) is 20.2 Å². The molecule has 178 valence electrons. The number of carbonyl (C=O) groups excluding carboxylic acids is 2. The van der Waals surface area contributed by atoms with Crippen molar-refractivity contribution in [1.29, 1.82) is 0 Å². The van der Waals surface area contributed by atoms with Gasteiger partial charge < -0.3 is 15.0 Å². The zero-order valence-electron chi connectivity index (χ0n) is 20.2. The van der Waals surface area contributed by atoms with Crippen LogP contribution >= 0.6 is 0 Å². The fourth-order valence-corrected chi connectivity index (χ4v) is 4.83. The van der Waals surface area contributed by atoms with Crippen LogP contribution in [0.2, 0.25) is 0 Å². The molecule has 1 aliphatic carbocycles. The van der Waals surface area contributed by atoms with Crippen molar-refractivity contribution in [3.63, 3.8) is 0 Å². The third kappa shape index (κ3) is 6.27. The number of ether oxygens (including phenoxy) is 1. The van der Waals surface area contributed by atoms with Crippen molar-refractivity contribution in [2.24, 2.45) is 5.92 Å². The zero-order chi connectivity index (χ0) is 23.1. The first-order chi connectivity index (χ1) is 15.4. The molecule has 0 aromatic carbocycles. The van der Waals surface area contributed by atoms with Crippen LogP contribution in [0.1, 0.15) is 106 Å². The van der Waals surface area contributed by atoms with Gasteiger partial charge in [-0.1, -0.05) is 13.8 Å². The van der Waals surface area contributed by atoms with E-state index >= 15 is 0 Å². The molecule has 0 radical (unpaired) electrons. The number of hydrogen-bond donors (Lipinski definition) is 1. The van der Waals surface area contributed by atoms with Crippen LogP contribution in [0, 0.1) is 5.92 Å². The first-order valence-corrected chi connectivity index (χ1v) is 12.5. The molecular formula is C25H40N4O3. The number of aromatic nitrogens is 2. The van der Waals surface area contributed by atoms with E-state index in [-0.39, 0.29) is 29.8 Å². The molecule has 32 heavy (non-hydrogen) atoms. The number of hydrogen-bond acceptors (Lipinski definition) is 5. The molecule has 7 heteroatoms. The van der Waals surface area contributed by atoms with Gasteiger partial charge in [0, 0.05) is 44.3 Å². The lowest BCUT2D eigenvalue weighted by atomic mass is 9.79. The summed E-state index contributed by atoms with van der Waals surface area (Å²) < 4.78 is 5.56. The molecule has 1 N–H and O–H groups in total. The molecule has 1 atom stereocenters. The summed E-state index contributed by atoms with van der Waals surface area (Å²) in [6.45, 7) is 11.0. The Morgan fingerprint density at radius 3 is 2.47 bits per heavy atom. The number of nitrogens with one attached hydrogen (secondary N) is 1. The topological polar surface area (TPSA) is 84.4 Å². The lowest BCUT2D eigenvalue weighted by Gasteiger charge is -2.30. The van der Waals surface area contributed by atoms with Gasteiger partial charge in [-0.25, -0.2) is 9.97 Å². The molecule has 1 aromatic heterocycles. The molecule has 2 aliphatic rings. The van der Waals surface area contributed by atoms with E-state index in [4.69, 9.17) is 9.72 Å². The zero-order valence-corrected chi connectivity index (χ0v) is 20.2. The minimum Gasteiger partial charge on any atom is -0.378 e. The van der Waals surface area contributed by atoms with Crippen LogP contribution in [0.3, 0.4) is 0 Å². The quantitative estimate of drug-likeness (QED) is 0.621. The first kappa shape index (κ1) is 24.6. The first-order valence-electron chi connectivity index (χ1n) is 12.5. The standard InChI is InChI=1S/C25H40N4O3/c1-5-29(6-2)25(31)21-16-27-24(17(3)4)28-23(21)19-11-9-18(10-12-19)15-26-22(30)14-20-8-7-13-32-20/h16-20H,5-15H2,1-4H3,(H,26,30)/t18?,19?,20-/m0/s1. The van der Waals surface area contributed by atoms with E-state index in [0.717, 1.165) is 63.2 Å². The van der Waals surface area contributed by atoms with E-state index in [1.165, 1.54) is 0 Å². The highest BCUT2D eigenvalue weighted by atomic mass is 16.5. The van der Waals surface area contributed by atoms with Gasteiger partial charge in [0.05, 0.1) is 23.8 Å². The Morgan fingerprint density at radius 1 is 1.16 bits per heavy atom. The van der Waals surface area contributed by atoms with Gasteiger partial charge in [0.25, 0.3) is 5.91 Å². The van der Waals surface area contributed by atoms with Crippen LogP contribution < -0.4 is 5.32 Å². The molecule has 1 saturated heterocycles. The van der Waals surface area contributed by atoms with Gasteiger partial charge in [0.2, 0.25) is 5.91 Å². The van der Waals surface area contributed by atoms with Crippen LogP contribution in [-0.2, 0) is 9.53 Å². The van der Waals surface area contributed by atoms with Crippen molar-refractivity contribution in [3.05, 3.63) is 23.3 Å². The molecule has 2 fully saturated rings. The SMILES string of the molecule is CCN(CC)C(=O)c1cnc(C(C)C)nc1C1CCC(CNC(=O)C[C@@H]2CCCO2)CC1. The lowest BCUT2D eigenvalue weighted by molar-refractivity contribution is -0.123. The predicted molar refractivity (Wildman–Crippen MR) is 125 cm³/mol.